The van der Waals surface area contributed by atoms with Gasteiger partial charge in [-0.2, -0.15) is 0 Å². The lowest BCUT2D eigenvalue weighted by atomic mass is 9.95. The van der Waals surface area contributed by atoms with E-state index in [0.717, 1.165) is 12.8 Å². The van der Waals surface area contributed by atoms with E-state index in [1.807, 2.05) is 19.9 Å². The largest absolute Gasteiger partial charge is 0.392 e. The van der Waals surface area contributed by atoms with Gasteiger partial charge in [-0.25, -0.2) is 4.79 Å². The van der Waals surface area contributed by atoms with Crippen LogP contribution in [0.1, 0.15) is 47.0 Å². The number of rotatable bonds is 7. The minimum absolute atomic E-state index is 0.198. The Balaban J connectivity index is 4.76. The summed E-state index contributed by atoms with van der Waals surface area (Å²) in [5.41, 5.74) is 0.621. The fourth-order valence-corrected chi connectivity index (χ4v) is 1.59. The first-order valence-corrected chi connectivity index (χ1v) is 5.90. The van der Waals surface area contributed by atoms with Gasteiger partial charge in [0.25, 0.3) is 0 Å². The topological polar surface area (TPSA) is 43.4 Å². The molecule has 0 saturated carbocycles. The normalized spacial score (nSPS) is 12.0. The molecule has 0 aliphatic carbocycles. The molecule has 0 N–H and O–H groups in total. The van der Waals surface area contributed by atoms with E-state index in [1.165, 1.54) is 0 Å². The lowest BCUT2D eigenvalue weighted by Crippen LogP contribution is -2.11. The van der Waals surface area contributed by atoms with Crippen LogP contribution in [0.4, 0.5) is 0 Å². The number of ether oxygens (including phenoxy) is 1. The van der Waals surface area contributed by atoms with Crippen LogP contribution in [-0.2, 0) is 14.3 Å². The Hall–Kier alpha value is -1.12. The predicted molar refractivity (Wildman–Crippen MR) is 63.8 cm³/mol. The Bertz CT molecular complexity index is 250. The Labute approximate surface area is 97.9 Å². The minimum atomic E-state index is -0.504. The highest BCUT2D eigenvalue weighted by atomic mass is 16.6. The summed E-state index contributed by atoms with van der Waals surface area (Å²) >= 11 is 0. The van der Waals surface area contributed by atoms with Crippen LogP contribution in [0.3, 0.4) is 0 Å². The van der Waals surface area contributed by atoms with Gasteiger partial charge in [-0.15, -0.1) is 0 Å². The van der Waals surface area contributed by atoms with E-state index < -0.39 is 5.97 Å². The SMILES string of the molecule is CCC(C=C(CC(C)C)C(=O)OC=O)CC. The third kappa shape index (κ3) is 5.69. The molecule has 0 aromatic heterocycles. The maximum absolute atomic E-state index is 11.5. The zero-order chi connectivity index (χ0) is 12.6. The standard InChI is InChI=1S/C13H22O3/c1-5-11(6-2)8-12(7-10(3)4)13(15)16-9-14/h8-11H,5-7H2,1-4H3. The van der Waals surface area contributed by atoms with Crippen molar-refractivity contribution >= 4 is 12.4 Å². The number of hydrogen-bond acceptors (Lipinski definition) is 3. The van der Waals surface area contributed by atoms with Crippen molar-refractivity contribution < 1.29 is 14.3 Å². The van der Waals surface area contributed by atoms with Crippen LogP contribution in [0.15, 0.2) is 11.6 Å². The molecule has 0 rings (SSSR count). The van der Waals surface area contributed by atoms with E-state index >= 15 is 0 Å². The molecule has 0 spiro atoms. The lowest BCUT2D eigenvalue weighted by Gasteiger charge is -2.12. The maximum atomic E-state index is 11.5. The molecule has 0 aliphatic heterocycles. The molecule has 3 nitrogen and oxygen atoms in total. The second kappa shape index (κ2) is 8.08. The second-order valence-corrected chi connectivity index (χ2v) is 4.37. The van der Waals surface area contributed by atoms with Crippen molar-refractivity contribution in [1.82, 2.24) is 0 Å². The van der Waals surface area contributed by atoms with Gasteiger partial charge in [-0.05, 0) is 31.1 Å². The third-order valence-corrected chi connectivity index (χ3v) is 2.53. The van der Waals surface area contributed by atoms with Gasteiger partial charge in [0.1, 0.15) is 0 Å². The summed E-state index contributed by atoms with van der Waals surface area (Å²) in [6.07, 6.45) is 4.59. The molecule has 92 valence electrons. The molecule has 0 bridgehead atoms. The van der Waals surface area contributed by atoms with Crippen molar-refractivity contribution in [2.75, 3.05) is 0 Å². The summed E-state index contributed by atoms with van der Waals surface area (Å²) in [4.78, 5) is 21.7. The van der Waals surface area contributed by atoms with Gasteiger partial charge in [0.15, 0.2) is 0 Å². The molecule has 0 fully saturated rings. The molecule has 0 heterocycles. The van der Waals surface area contributed by atoms with E-state index in [9.17, 15) is 9.59 Å². The summed E-state index contributed by atoms with van der Waals surface area (Å²) < 4.78 is 4.41. The summed E-state index contributed by atoms with van der Waals surface area (Å²) in [5, 5.41) is 0. The van der Waals surface area contributed by atoms with Gasteiger partial charge >= 0.3 is 12.4 Å². The molecular weight excluding hydrogens is 204 g/mol. The molecular formula is C13H22O3. The average Bonchev–Trinajstić information content (AvgIpc) is 2.23. The van der Waals surface area contributed by atoms with Crippen LogP contribution < -0.4 is 0 Å². The van der Waals surface area contributed by atoms with Gasteiger partial charge in [-0.3, -0.25) is 4.79 Å². The first-order valence-electron chi connectivity index (χ1n) is 5.90. The zero-order valence-electron chi connectivity index (χ0n) is 10.7. The second-order valence-electron chi connectivity index (χ2n) is 4.37. The van der Waals surface area contributed by atoms with Crippen LogP contribution in [-0.4, -0.2) is 12.4 Å². The number of esters is 1. The fourth-order valence-electron chi connectivity index (χ4n) is 1.59. The smallest absolute Gasteiger partial charge is 0.341 e. The summed E-state index contributed by atoms with van der Waals surface area (Å²) in [6, 6.07) is 0. The molecule has 0 aromatic carbocycles. The molecule has 0 aliphatic rings. The number of allylic oxidation sites excluding steroid dienone is 1. The monoisotopic (exact) mass is 226 g/mol. The molecule has 0 aromatic rings. The van der Waals surface area contributed by atoms with Crippen molar-refractivity contribution in [2.24, 2.45) is 11.8 Å². The zero-order valence-corrected chi connectivity index (χ0v) is 10.7. The Morgan fingerprint density at radius 1 is 1.25 bits per heavy atom. The lowest BCUT2D eigenvalue weighted by molar-refractivity contribution is -0.148. The molecule has 16 heavy (non-hydrogen) atoms. The van der Waals surface area contributed by atoms with Crippen molar-refractivity contribution in [1.29, 1.82) is 0 Å². The van der Waals surface area contributed by atoms with Gasteiger partial charge in [0.05, 0.1) is 0 Å². The number of carbonyl (C=O) groups is 2. The Morgan fingerprint density at radius 2 is 1.81 bits per heavy atom. The van der Waals surface area contributed by atoms with Crippen LogP contribution in [0, 0.1) is 11.8 Å². The van der Waals surface area contributed by atoms with E-state index in [4.69, 9.17) is 0 Å². The third-order valence-electron chi connectivity index (χ3n) is 2.53. The number of carbonyl (C=O) groups excluding carboxylic acids is 2. The highest BCUT2D eigenvalue weighted by molar-refractivity contribution is 5.92. The van der Waals surface area contributed by atoms with Gasteiger partial charge in [-0.1, -0.05) is 33.8 Å². The van der Waals surface area contributed by atoms with Gasteiger partial charge in [0.2, 0.25) is 0 Å². The average molecular weight is 226 g/mol. The van der Waals surface area contributed by atoms with Gasteiger partial charge < -0.3 is 4.74 Å². The summed E-state index contributed by atoms with van der Waals surface area (Å²) in [6.45, 7) is 8.44. The summed E-state index contributed by atoms with van der Waals surface area (Å²) in [5.74, 6) is 0.253. The Morgan fingerprint density at radius 3 is 2.19 bits per heavy atom. The Kier molecular flexibility index (Phi) is 7.52. The van der Waals surface area contributed by atoms with Crippen LogP contribution in [0.2, 0.25) is 0 Å². The van der Waals surface area contributed by atoms with Crippen LogP contribution >= 0.6 is 0 Å². The highest BCUT2D eigenvalue weighted by Crippen LogP contribution is 2.18. The number of hydrogen-bond donors (Lipinski definition) is 0. The van der Waals surface area contributed by atoms with E-state index in [-0.39, 0.29) is 6.47 Å². The molecule has 3 heteroatoms. The van der Waals surface area contributed by atoms with Gasteiger partial charge in [0, 0.05) is 5.57 Å². The predicted octanol–water partition coefficient (Wildman–Crippen LogP) is 3.09. The quantitative estimate of drug-likeness (QED) is 0.290. The maximum Gasteiger partial charge on any atom is 0.341 e. The van der Waals surface area contributed by atoms with Crippen molar-refractivity contribution in [3.63, 3.8) is 0 Å². The van der Waals surface area contributed by atoms with E-state index in [2.05, 4.69) is 18.6 Å². The molecule has 0 atom stereocenters. The summed E-state index contributed by atoms with van der Waals surface area (Å²) in [7, 11) is 0. The van der Waals surface area contributed by atoms with E-state index in [0.29, 0.717) is 23.8 Å². The molecule has 0 radical (unpaired) electrons. The van der Waals surface area contributed by atoms with Crippen molar-refractivity contribution in [2.45, 2.75) is 47.0 Å². The van der Waals surface area contributed by atoms with Crippen LogP contribution in [0.5, 0.6) is 0 Å². The first-order chi connectivity index (χ1) is 7.54. The molecule has 0 amide bonds. The van der Waals surface area contributed by atoms with Crippen LogP contribution in [0.25, 0.3) is 0 Å². The molecule has 0 unspecified atom stereocenters. The van der Waals surface area contributed by atoms with Crippen molar-refractivity contribution in [3.05, 3.63) is 11.6 Å². The molecule has 0 saturated heterocycles. The van der Waals surface area contributed by atoms with Crippen molar-refractivity contribution in [3.8, 4) is 0 Å². The first kappa shape index (κ1) is 14.9. The highest BCUT2D eigenvalue weighted by Gasteiger charge is 2.14. The fraction of sp³-hybridized carbons (Fsp3) is 0.692. The minimum Gasteiger partial charge on any atom is -0.392 e. The van der Waals surface area contributed by atoms with E-state index in [1.54, 1.807) is 0 Å².